The van der Waals surface area contributed by atoms with Gasteiger partial charge in [0.05, 0.1) is 14.2 Å². The van der Waals surface area contributed by atoms with Crippen LogP contribution >= 0.6 is 0 Å². The summed E-state index contributed by atoms with van der Waals surface area (Å²) in [6.07, 6.45) is 3.50. The van der Waals surface area contributed by atoms with Crippen molar-refractivity contribution in [1.29, 1.82) is 0 Å². The van der Waals surface area contributed by atoms with E-state index >= 15 is 0 Å². The Hall–Kier alpha value is -1.42. The molecule has 0 aliphatic heterocycles. The SMILES string of the molecule is CCC1(CC)C(NC)CC1Oc1cc(OC)cc(OC)c1. The van der Waals surface area contributed by atoms with Gasteiger partial charge < -0.3 is 19.5 Å². The molecule has 1 saturated carbocycles. The summed E-state index contributed by atoms with van der Waals surface area (Å²) in [6, 6.07) is 6.23. The van der Waals surface area contributed by atoms with Gasteiger partial charge in [0.15, 0.2) is 0 Å². The first-order valence-electron chi connectivity index (χ1n) is 7.70. The summed E-state index contributed by atoms with van der Waals surface area (Å²) in [6.45, 7) is 4.49. The first-order valence-corrected chi connectivity index (χ1v) is 7.70. The lowest BCUT2D eigenvalue weighted by molar-refractivity contribution is -0.0836. The fraction of sp³-hybridized carbons (Fsp3) is 0.647. The Balaban J connectivity index is 2.18. The topological polar surface area (TPSA) is 39.7 Å². The minimum atomic E-state index is 0.213. The number of rotatable bonds is 7. The highest BCUT2D eigenvalue weighted by Gasteiger charge is 2.53. The molecule has 0 bridgehead atoms. The fourth-order valence-corrected chi connectivity index (χ4v) is 3.53. The number of methoxy groups -OCH3 is 2. The first-order chi connectivity index (χ1) is 10.1. The Bertz CT molecular complexity index is 449. The summed E-state index contributed by atoms with van der Waals surface area (Å²) in [7, 11) is 5.35. The smallest absolute Gasteiger partial charge is 0.127 e. The Kier molecular flexibility index (Phi) is 4.99. The van der Waals surface area contributed by atoms with Crippen LogP contribution in [0.5, 0.6) is 17.2 Å². The van der Waals surface area contributed by atoms with Gasteiger partial charge in [-0.2, -0.15) is 0 Å². The second-order valence-corrected chi connectivity index (χ2v) is 5.67. The molecule has 4 heteroatoms. The van der Waals surface area contributed by atoms with Crippen LogP contribution in [0.25, 0.3) is 0 Å². The summed E-state index contributed by atoms with van der Waals surface area (Å²) in [5.41, 5.74) is 0.213. The minimum Gasteiger partial charge on any atom is -0.496 e. The van der Waals surface area contributed by atoms with E-state index in [4.69, 9.17) is 14.2 Å². The molecule has 0 saturated heterocycles. The van der Waals surface area contributed by atoms with E-state index in [1.54, 1.807) is 14.2 Å². The number of hydrogen-bond acceptors (Lipinski definition) is 4. The van der Waals surface area contributed by atoms with Gasteiger partial charge in [-0.15, -0.1) is 0 Å². The highest BCUT2D eigenvalue weighted by molar-refractivity contribution is 5.42. The lowest BCUT2D eigenvalue weighted by Gasteiger charge is -2.55. The predicted octanol–water partition coefficient (Wildman–Crippen LogP) is 3.25. The molecule has 1 aromatic rings. The lowest BCUT2D eigenvalue weighted by Crippen LogP contribution is -2.63. The third kappa shape index (κ3) is 2.82. The van der Waals surface area contributed by atoms with E-state index in [2.05, 4.69) is 19.2 Å². The van der Waals surface area contributed by atoms with Crippen LogP contribution in [-0.4, -0.2) is 33.4 Å². The third-order valence-electron chi connectivity index (χ3n) is 5.05. The molecule has 0 spiro atoms. The van der Waals surface area contributed by atoms with Crippen LogP contribution < -0.4 is 19.5 Å². The molecule has 0 aromatic heterocycles. The van der Waals surface area contributed by atoms with Crippen LogP contribution in [0.2, 0.25) is 0 Å². The summed E-state index contributed by atoms with van der Waals surface area (Å²) in [5.74, 6) is 2.33. The summed E-state index contributed by atoms with van der Waals surface area (Å²) >= 11 is 0. The molecule has 0 radical (unpaired) electrons. The predicted molar refractivity (Wildman–Crippen MR) is 84.4 cm³/mol. The summed E-state index contributed by atoms with van der Waals surface area (Å²) < 4.78 is 16.9. The van der Waals surface area contributed by atoms with Crippen molar-refractivity contribution in [2.75, 3.05) is 21.3 Å². The summed E-state index contributed by atoms with van der Waals surface area (Å²) in [5, 5.41) is 3.43. The van der Waals surface area contributed by atoms with Crippen molar-refractivity contribution >= 4 is 0 Å². The average Bonchev–Trinajstić information content (AvgIpc) is 2.52. The van der Waals surface area contributed by atoms with Crippen molar-refractivity contribution in [3.05, 3.63) is 18.2 Å². The molecule has 21 heavy (non-hydrogen) atoms. The van der Waals surface area contributed by atoms with Gasteiger partial charge >= 0.3 is 0 Å². The zero-order valence-electron chi connectivity index (χ0n) is 13.7. The van der Waals surface area contributed by atoms with E-state index in [1.807, 2.05) is 25.2 Å². The van der Waals surface area contributed by atoms with Crippen LogP contribution in [0.1, 0.15) is 33.1 Å². The molecule has 0 heterocycles. The average molecular weight is 293 g/mol. The molecular formula is C17H27NO3. The van der Waals surface area contributed by atoms with Crippen LogP contribution in [-0.2, 0) is 0 Å². The lowest BCUT2D eigenvalue weighted by atomic mass is 9.58. The standard InChI is InChI=1S/C17H27NO3/c1-6-17(7-2)15(18-3)11-16(17)21-14-9-12(19-4)8-13(10-14)20-5/h8-10,15-16,18H,6-7,11H2,1-5H3. The van der Waals surface area contributed by atoms with Crippen LogP contribution in [0.15, 0.2) is 18.2 Å². The molecule has 1 aliphatic carbocycles. The maximum Gasteiger partial charge on any atom is 0.127 e. The molecule has 1 fully saturated rings. The molecule has 2 unspecified atom stereocenters. The van der Waals surface area contributed by atoms with E-state index in [0.29, 0.717) is 6.04 Å². The van der Waals surface area contributed by atoms with E-state index in [1.165, 1.54) is 0 Å². The molecule has 1 aliphatic rings. The number of hydrogen-bond donors (Lipinski definition) is 1. The quantitative estimate of drug-likeness (QED) is 0.837. The van der Waals surface area contributed by atoms with E-state index in [0.717, 1.165) is 36.5 Å². The second kappa shape index (κ2) is 6.56. The number of benzene rings is 1. The first kappa shape index (κ1) is 16.0. The Morgan fingerprint density at radius 3 is 2.00 bits per heavy atom. The van der Waals surface area contributed by atoms with Gasteiger partial charge in [0, 0.05) is 36.1 Å². The van der Waals surface area contributed by atoms with E-state index < -0.39 is 0 Å². The molecule has 1 N–H and O–H groups in total. The number of ether oxygens (including phenoxy) is 3. The minimum absolute atomic E-state index is 0.213. The zero-order chi connectivity index (χ0) is 15.5. The normalized spacial score (nSPS) is 23.3. The van der Waals surface area contributed by atoms with Gasteiger partial charge in [0.1, 0.15) is 23.4 Å². The molecule has 2 atom stereocenters. The van der Waals surface area contributed by atoms with E-state index in [-0.39, 0.29) is 11.5 Å². The Labute approximate surface area is 127 Å². The van der Waals surface area contributed by atoms with Gasteiger partial charge in [-0.3, -0.25) is 0 Å². The molecule has 4 nitrogen and oxygen atoms in total. The van der Waals surface area contributed by atoms with Gasteiger partial charge in [-0.25, -0.2) is 0 Å². The van der Waals surface area contributed by atoms with Gasteiger partial charge in [0.2, 0.25) is 0 Å². The van der Waals surface area contributed by atoms with Crippen molar-refractivity contribution in [1.82, 2.24) is 5.32 Å². The number of nitrogens with one attached hydrogen (secondary N) is 1. The van der Waals surface area contributed by atoms with Crippen molar-refractivity contribution in [3.8, 4) is 17.2 Å². The molecule has 0 amide bonds. The van der Waals surface area contributed by atoms with Crippen LogP contribution in [0, 0.1) is 5.41 Å². The Morgan fingerprint density at radius 2 is 1.57 bits per heavy atom. The van der Waals surface area contributed by atoms with Crippen molar-refractivity contribution in [2.45, 2.75) is 45.3 Å². The van der Waals surface area contributed by atoms with Gasteiger partial charge in [0.25, 0.3) is 0 Å². The largest absolute Gasteiger partial charge is 0.496 e. The molecule has 2 rings (SSSR count). The van der Waals surface area contributed by atoms with Crippen molar-refractivity contribution in [3.63, 3.8) is 0 Å². The van der Waals surface area contributed by atoms with Crippen molar-refractivity contribution < 1.29 is 14.2 Å². The fourth-order valence-electron chi connectivity index (χ4n) is 3.53. The Morgan fingerprint density at radius 1 is 1.05 bits per heavy atom. The van der Waals surface area contributed by atoms with E-state index in [9.17, 15) is 0 Å². The second-order valence-electron chi connectivity index (χ2n) is 5.67. The van der Waals surface area contributed by atoms with Crippen LogP contribution in [0.4, 0.5) is 0 Å². The van der Waals surface area contributed by atoms with Crippen LogP contribution in [0.3, 0.4) is 0 Å². The molecular weight excluding hydrogens is 266 g/mol. The summed E-state index contributed by atoms with van der Waals surface area (Å²) in [4.78, 5) is 0. The maximum absolute atomic E-state index is 6.27. The monoisotopic (exact) mass is 293 g/mol. The molecule has 1 aromatic carbocycles. The highest BCUT2D eigenvalue weighted by Crippen LogP contribution is 2.49. The maximum atomic E-state index is 6.27. The van der Waals surface area contributed by atoms with Crippen molar-refractivity contribution in [2.24, 2.45) is 5.41 Å². The zero-order valence-corrected chi connectivity index (χ0v) is 13.7. The highest BCUT2D eigenvalue weighted by atomic mass is 16.5. The van der Waals surface area contributed by atoms with Gasteiger partial charge in [-0.1, -0.05) is 13.8 Å². The third-order valence-corrected chi connectivity index (χ3v) is 5.05. The van der Waals surface area contributed by atoms with Gasteiger partial charge in [-0.05, 0) is 19.9 Å². The molecule has 118 valence electrons.